The van der Waals surface area contributed by atoms with Crippen LogP contribution in [0.4, 0.5) is 5.69 Å². The number of amides is 1. The molecule has 0 bridgehead atoms. The monoisotopic (exact) mass is 290 g/mol. The van der Waals surface area contributed by atoms with Gasteiger partial charge in [0.1, 0.15) is 0 Å². The minimum absolute atomic E-state index is 0.0128. The minimum atomic E-state index is -0.0128. The zero-order valence-electron chi connectivity index (χ0n) is 12.9. The largest absolute Gasteiger partial charge is 0.394 e. The van der Waals surface area contributed by atoms with E-state index in [1.807, 2.05) is 47.1 Å². The number of rotatable bonds is 6. The van der Waals surface area contributed by atoms with Gasteiger partial charge in [0.05, 0.1) is 19.2 Å². The van der Waals surface area contributed by atoms with Crippen LogP contribution in [0, 0.1) is 0 Å². The zero-order chi connectivity index (χ0) is 15.1. The zero-order valence-corrected chi connectivity index (χ0v) is 12.9. The number of likely N-dealkylation sites (tertiary alicyclic amines) is 1. The number of para-hydroxylation sites is 1. The molecule has 1 aromatic carbocycles. The molecule has 2 rings (SSSR count). The Morgan fingerprint density at radius 1 is 1.24 bits per heavy atom. The summed E-state index contributed by atoms with van der Waals surface area (Å²) >= 11 is 0. The molecule has 1 aromatic rings. The third-order valence-corrected chi connectivity index (χ3v) is 4.22. The van der Waals surface area contributed by atoms with E-state index in [1.165, 1.54) is 6.42 Å². The maximum Gasteiger partial charge on any atom is 0.242 e. The van der Waals surface area contributed by atoms with Crippen LogP contribution in [0.25, 0.3) is 0 Å². The fraction of sp³-hybridized carbons (Fsp3) is 0.588. The van der Waals surface area contributed by atoms with Gasteiger partial charge in [-0.3, -0.25) is 4.79 Å². The second-order valence-electron chi connectivity index (χ2n) is 5.65. The van der Waals surface area contributed by atoms with Crippen LogP contribution in [0.3, 0.4) is 0 Å². The standard InChI is InChI=1S/C17H26N2O2/c1-2-15(14-20)19(16-9-5-3-6-10-16)13-17(21)18-11-7-4-8-12-18/h3,5-6,9-10,15,20H,2,4,7-8,11-14H2,1H3. The Balaban J connectivity index is 2.10. The highest BCUT2D eigenvalue weighted by atomic mass is 16.3. The molecule has 0 radical (unpaired) electrons. The average Bonchev–Trinajstić information content (AvgIpc) is 2.56. The van der Waals surface area contributed by atoms with Crippen LogP contribution in [-0.4, -0.2) is 48.2 Å². The van der Waals surface area contributed by atoms with E-state index in [2.05, 4.69) is 0 Å². The molecule has 1 aliphatic rings. The Labute approximate surface area is 127 Å². The van der Waals surface area contributed by atoms with Gasteiger partial charge in [-0.15, -0.1) is 0 Å². The average molecular weight is 290 g/mol. The summed E-state index contributed by atoms with van der Waals surface area (Å²) in [6, 6.07) is 9.90. The lowest BCUT2D eigenvalue weighted by atomic mass is 10.1. The number of carbonyl (C=O) groups excluding carboxylic acids is 1. The van der Waals surface area contributed by atoms with E-state index in [1.54, 1.807) is 0 Å². The normalized spacial score (nSPS) is 16.6. The summed E-state index contributed by atoms with van der Waals surface area (Å²) in [4.78, 5) is 16.5. The lowest BCUT2D eigenvalue weighted by Crippen LogP contribution is -2.47. The van der Waals surface area contributed by atoms with Gasteiger partial charge >= 0.3 is 0 Å². The van der Waals surface area contributed by atoms with Gasteiger partial charge in [0.15, 0.2) is 0 Å². The second-order valence-corrected chi connectivity index (χ2v) is 5.65. The topological polar surface area (TPSA) is 43.8 Å². The number of nitrogens with zero attached hydrogens (tertiary/aromatic N) is 2. The third-order valence-electron chi connectivity index (χ3n) is 4.22. The smallest absolute Gasteiger partial charge is 0.242 e. The molecule has 4 heteroatoms. The molecule has 1 heterocycles. The highest BCUT2D eigenvalue weighted by Gasteiger charge is 2.23. The molecule has 1 unspecified atom stereocenters. The quantitative estimate of drug-likeness (QED) is 0.874. The first-order chi connectivity index (χ1) is 10.3. The van der Waals surface area contributed by atoms with Gasteiger partial charge in [0.2, 0.25) is 5.91 Å². The van der Waals surface area contributed by atoms with Crippen molar-refractivity contribution in [3.8, 4) is 0 Å². The second kappa shape index (κ2) is 8.03. The van der Waals surface area contributed by atoms with Crippen LogP contribution in [0.15, 0.2) is 30.3 Å². The summed E-state index contributed by atoms with van der Waals surface area (Å²) in [6.45, 7) is 4.21. The summed E-state index contributed by atoms with van der Waals surface area (Å²) in [5.74, 6) is 0.172. The van der Waals surface area contributed by atoms with Gasteiger partial charge in [-0.2, -0.15) is 0 Å². The van der Waals surface area contributed by atoms with Crippen molar-refractivity contribution in [3.05, 3.63) is 30.3 Å². The van der Waals surface area contributed by atoms with Crippen LogP contribution in [-0.2, 0) is 4.79 Å². The molecule has 1 amide bonds. The number of aliphatic hydroxyl groups is 1. The van der Waals surface area contributed by atoms with Crippen LogP contribution in [0.5, 0.6) is 0 Å². The number of hydrogen-bond donors (Lipinski definition) is 1. The molecule has 1 aliphatic heterocycles. The molecule has 21 heavy (non-hydrogen) atoms. The van der Waals surface area contributed by atoms with Crippen LogP contribution in [0.2, 0.25) is 0 Å². The van der Waals surface area contributed by atoms with E-state index in [9.17, 15) is 9.90 Å². The number of anilines is 1. The number of piperidine rings is 1. The van der Waals surface area contributed by atoms with E-state index < -0.39 is 0 Å². The summed E-state index contributed by atoms with van der Waals surface area (Å²) in [6.07, 6.45) is 4.25. The van der Waals surface area contributed by atoms with E-state index in [0.29, 0.717) is 6.54 Å². The lowest BCUT2D eigenvalue weighted by molar-refractivity contribution is -0.130. The van der Waals surface area contributed by atoms with Crippen LogP contribution < -0.4 is 4.90 Å². The summed E-state index contributed by atoms with van der Waals surface area (Å²) in [7, 11) is 0. The van der Waals surface area contributed by atoms with Gasteiger partial charge < -0.3 is 14.9 Å². The van der Waals surface area contributed by atoms with Gasteiger partial charge in [-0.25, -0.2) is 0 Å². The molecule has 4 nitrogen and oxygen atoms in total. The Kier molecular flexibility index (Phi) is 6.05. The molecule has 116 valence electrons. The maximum atomic E-state index is 12.5. The van der Waals surface area contributed by atoms with E-state index >= 15 is 0 Å². The van der Waals surface area contributed by atoms with E-state index in [0.717, 1.165) is 38.0 Å². The van der Waals surface area contributed by atoms with Gasteiger partial charge in [0, 0.05) is 18.8 Å². The van der Waals surface area contributed by atoms with Crippen molar-refractivity contribution in [3.63, 3.8) is 0 Å². The molecular weight excluding hydrogens is 264 g/mol. The number of benzene rings is 1. The van der Waals surface area contributed by atoms with Crippen molar-refractivity contribution in [2.45, 2.75) is 38.6 Å². The molecule has 1 atom stereocenters. The maximum absolute atomic E-state index is 12.5. The van der Waals surface area contributed by atoms with E-state index in [4.69, 9.17) is 0 Å². The fourth-order valence-electron chi connectivity index (χ4n) is 2.89. The third kappa shape index (κ3) is 4.21. The molecule has 1 saturated heterocycles. The van der Waals surface area contributed by atoms with Crippen molar-refractivity contribution in [1.82, 2.24) is 4.90 Å². The van der Waals surface area contributed by atoms with Crippen LogP contribution >= 0.6 is 0 Å². The Hall–Kier alpha value is -1.55. The minimum Gasteiger partial charge on any atom is -0.394 e. The molecular formula is C17H26N2O2. The fourth-order valence-corrected chi connectivity index (χ4v) is 2.89. The highest BCUT2D eigenvalue weighted by molar-refractivity contribution is 5.81. The van der Waals surface area contributed by atoms with Crippen molar-refractivity contribution >= 4 is 11.6 Å². The van der Waals surface area contributed by atoms with Crippen molar-refractivity contribution < 1.29 is 9.90 Å². The number of aliphatic hydroxyl groups excluding tert-OH is 1. The molecule has 1 fully saturated rings. The van der Waals surface area contributed by atoms with Gasteiger partial charge in [-0.1, -0.05) is 25.1 Å². The Bertz CT molecular complexity index is 426. The first kappa shape index (κ1) is 15.8. The van der Waals surface area contributed by atoms with Crippen molar-refractivity contribution in [2.24, 2.45) is 0 Å². The van der Waals surface area contributed by atoms with Gasteiger partial charge in [0.25, 0.3) is 0 Å². The molecule has 1 N–H and O–H groups in total. The molecule has 0 aromatic heterocycles. The Morgan fingerprint density at radius 2 is 1.90 bits per heavy atom. The lowest BCUT2D eigenvalue weighted by Gasteiger charge is -2.34. The summed E-state index contributed by atoms with van der Waals surface area (Å²) in [5, 5.41) is 9.61. The molecule has 0 aliphatic carbocycles. The summed E-state index contributed by atoms with van der Waals surface area (Å²) in [5.41, 5.74) is 1.00. The van der Waals surface area contributed by atoms with Gasteiger partial charge in [-0.05, 0) is 37.8 Å². The van der Waals surface area contributed by atoms with Crippen LogP contribution in [0.1, 0.15) is 32.6 Å². The number of carbonyl (C=O) groups is 1. The molecule has 0 spiro atoms. The predicted molar refractivity (Wildman–Crippen MR) is 85.4 cm³/mol. The summed E-state index contributed by atoms with van der Waals surface area (Å²) < 4.78 is 0. The Morgan fingerprint density at radius 3 is 2.48 bits per heavy atom. The first-order valence-electron chi connectivity index (χ1n) is 7.96. The van der Waals surface area contributed by atoms with Crippen molar-refractivity contribution in [2.75, 3.05) is 31.1 Å². The van der Waals surface area contributed by atoms with Crippen molar-refractivity contribution in [1.29, 1.82) is 0 Å². The number of hydrogen-bond acceptors (Lipinski definition) is 3. The van der Waals surface area contributed by atoms with E-state index in [-0.39, 0.29) is 18.6 Å². The SMILES string of the molecule is CCC(CO)N(CC(=O)N1CCCCC1)c1ccccc1. The molecule has 0 saturated carbocycles. The predicted octanol–water partition coefficient (Wildman–Crippen LogP) is 2.28. The first-order valence-corrected chi connectivity index (χ1v) is 7.96. The highest BCUT2D eigenvalue weighted by Crippen LogP contribution is 2.19.